The Kier molecular flexibility index (Phi) is 5.45. The fraction of sp³-hybridized carbons (Fsp3) is 0.480. The summed E-state index contributed by atoms with van der Waals surface area (Å²) in [6.45, 7) is 7.66. The van der Waals surface area contributed by atoms with Crippen LogP contribution in [0.1, 0.15) is 64.2 Å². The van der Waals surface area contributed by atoms with Crippen molar-refractivity contribution in [1.29, 1.82) is 0 Å². The maximum atomic E-state index is 12.9. The maximum Gasteiger partial charge on any atom is 0.163 e. The minimum Gasteiger partial charge on any atom is -0.303 e. The van der Waals surface area contributed by atoms with Crippen LogP contribution in [0.3, 0.4) is 0 Å². The number of fused-ring (bicyclic) bond motifs is 1. The van der Waals surface area contributed by atoms with Gasteiger partial charge in [-0.1, -0.05) is 42.0 Å². The van der Waals surface area contributed by atoms with Gasteiger partial charge in [-0.2, -0.15) is 0 Å². The van der Waals surface area contributed by atoms with E-state index in [-0.39, 0.29) is 0 Å². The molecule has 1 unspecified atom stereocenters. The van der Waals surface area contributed by atoms with Crippen LogP contribution >= 0.6 is 0 Å². The largest absolute Gasteiger partial charge is 0.303 e. The number of hydrogen-bond acceptors (Lipinski definition) is 2. The van der Waals surface area contributed by atoms with Crippen LogP contribution in [0.2, 0.25) is 0 Å². The van der Waals surface area contributed by atoms with Crippen molar-refractivity contribution in [2.45, 2.75) is 51.9 Å². The molecule has 2 nitrogen and oxygen atoms in total. The summed E-state index contributed by atoms with van der Waals surface area (Å²) in [5.74, 6) is 1.56. The van der Waals surface area contributed by atoms with Gasteiger partial charge < -0.3 is 4.90 Å². The first-order valence-electron chi connectivity index (χ1n) is 10.5. The van der Waals surface area contributed by atoms with Gasteiger partial charge in [0.15, 0.2) is 5.78 Å². The fourth-order valence-corrected chi connectivity index (χ4v) is 5.10. The van der Waals surface area contributed by atoms with E-state index in [2.05, 4.69) is 61.2 Å². The Morgan fingerprint density at radius 2 is 1.74 bits per heavy atom. The van der Waals surface area contributed by atoms with Crippen LogP contribution in [0, 0.1) is 19.8 Å². The van der Waals surface area contributed by atoms with E-state index in [1.165, 1.54) is 35.1 Å². The molecule has 4 rings (SSSR count). The van der Waals surface area contributed by atoms with E-state index in [1.54, 1.807) is 0 Å². The SMILES string of the molecule is Cc1cc(C)c2c(c1)C(=O)CC(CN1CCC(c3ccccc3)CC1)CC2. The Balaban J connectivity index is 1.36. The third-order valence-corrected chi connectivity index (χ3v) is 6.57. The summed E-state index contributed by atoms with van der Waals surface area (Å²) >= 11 is 0. The number of benzene rings is 2. The minimum atomic E-state index is 0.360. The Hall–Kier alpha value is -1.93. The summed E-state index contributed by atoms with van der Waals surface area (Å²) in [6, 6.07) is 15.3. The second-order valence-electron chi connectivity index (χ2n) is 8.63. The average Bonchev–Trinajstić information content (AvgIpc) is 2.82. The normalized spacial score (nSPS) is 21.7. The topological polar surface area (TPSA) is 20.3 Å². The van der Waals surface area contributed by atoms with Gasteiger partial charge in [0.25, 0.3) is 0 Å². The van der Waals surface area contributed by atoms with E-state index in [1.807, 2.05) is 0 Å². The van der Waals surface area contributed by atoms with Gasteiger partial charge in [-0.3, -0.25) is 4.79 Å². The molecule has 0 bridgehead atoms. The van der Waals surface area contributed by atoms with Crippen LogP contribution < -0.4 is 0 Å². The number of carbonyl (C=O) groups excluding carboxylic acids is 1. The number of piperidine rings is 1. The lowest BCUT2D eigenvalue weighted by molar-refractivity contribution is 0.0941. The van der Waals surface area contributed by atoms with Gasteiger partial charge in [-0.25, -0.2) is 0 Å². The molecule has 0 spiro atoms. The predicted octanol–water partition coefficient (Wildman–Crippen LogP) is 5.32. The van der Waals surface area contributed by atoms with Gasteiger partial charge in [0.1, 0.15) is 0 Å². The van der Waals surface area contributed by atoms with Gasteiger partial charge in [-0.15, -0.1) is 0 Å². The number of Topliss-reactive ketones (excluding diaryl/α,β-unsaturated/α-hetero) is 1. The maximum absolute atomic E-state index is 12.9. The number of carbonyl (C=O) groups is 1. The molecule has 1 saturated heterocycles. The van der Waals surface area contributed by atoms with Crippen molar-refractivity contribution in [3.8, 4) is 0 Å². The van der Waals surface area contributed by atoms with Gasteiger partial charge >= 0.3 is 0 Å². The summed E-state index contributed by atoms with van der Waals surface area (Å²) in [6.07, 6.45) is 5.39. The van der Waals surface area contributed by atoms with Gasteiger partial charge in [0, 0.05) is 18.5 Å². The van der Waals surface area contributed by atoms with Crippen molar-refractivity contribution in [3.63, 3.8) is 0 Å². The number of hydrogen-bond donors (Lipinski definition) is 0. The number of ketones is 1. The van der Waals surface area contributed by atoms with Crippen molar-refractivity contribution in [1.82, 2.24) is 4.90 Å². The second-order valence-corrected chi connectivity index (χ2v) is 8.63. The molecule has 1 aliphatic heterocycles. The number of nitrogens with zero attached hydrogens (tertiary/aromatic N) is 1. The molecule has 1 aliphatic carbocycles. The lowest BCUT2D eigenvalue weighted by Crippen LogP contribution is -2.37. The molecule has 0 saturated carbocycles. The van der Waals surface area contributed by atoms with Gasteiger partial charge in [-0.05, 0) is 87.2 Å². The molecule has 142 valence electrons. The quantitative estimate of drug-likeness (QED) is 0.690. The molecule has 2 heteroatoms. The lowest BCUT2D eigenvalue weighted by atomic mass is 9.88. The van der Waals surface area contributed by atoms with E-state index in [9.17, 15) is 4.79 Å². The monoisotopic (exact) mass is 361 g/mol. The first-order valence-corrected chi connectivity index (χ1v) is 10.5. The molecule has 27 heavy (non-hydrogen) atoms. The molecule has 0 amide bonds. The smallest absolute Gasteiger partial charge is 0.163 e. The first-order chi connectivity index (χ1) is 13.1. The number of aryl methyl sites for hydroxylation is 2. The fourth-order valence-electron chi connectivity index (χ4n) is 5.10. The van der Waals surface area contributed by atoms with Crippen molar-refractivity contribution in [3.05, 3.63) is 70.3 Å². The summed E-state index contributed by atoms with van der Waals surface area (Å²) in [5.41, 5.74) is 6.29. The zero-order valence-electron chi connectivity index (χ0n) is 16.7. The first kappa shape index (κ1) is 18.4. The second kappa shape index (κ2) is 7.98. The molecule has 0 aromatic heterocycles. The number of likely N-dealkylation sites (tertiary alicyclic amines) is 1. The Morgan fingerprint density at radius 3 is 2.48 bits per heavy atom. The van der Waals surface area contributed by atoms with Crippen LogP contribution in [0.15, 0.2) is 42.5 Å². The van der Waals surface area contributed by atoms with Crippen molar-refractivity contribution < 1.29 is 4.79 Å². The van der Waals surface area contributed by atoms with Crippen molar-refractivity contribution in [2.75, 3.05) is 19.6 Å². The highest BCUT2D eigenvalue weighted by atomic mass is 16.1. The molecule has 1 atom stereocenters. The molecule has 2 aromatic carbocycles. The van der Waals surface area contributed by atoms with Crippen LogP contribution in [0.25, 0.3) is 0 Å². The highest BCUT2D eigenvalue weighted by Gasteiger charge is 2.27. The molecule has 2 aliphatic rings. The molecule has 0 N–H and O–H groups in total. The average molecular weight is 362 g/mol. The minimum absolute atomic E-state index is 0.360. The van der Waals surface area contributed by atoms with E-state index in [0.717, 1.165) is 38.0 Å². The van der Waals surface area contributed by atoms with Crippen molar-refractivity contribution >= 4 is 5.78 Å². The van der Waals surface area contributed by atoms with Crippen LogP contribution in [0.5, 0.6) is 0 Å². The lowest BCUT2D eigenvalue weighted by Gasteiger charge is -2.34. The zero-order chi connectivity index (χ0) is 18.8. The zero-order valence-corrected chi connectivity index (χ0v) is 16.7. The van der Waals surface area contributed by atoms with Crippen LogP contribution in [-0.4, -0.2) is 30.3 Å². The highest BCUT2D eigenvalue weighted by molar-refractivity contribution is 5.98. The molecule has 2 aromatic rings. The molecule has 1 heterocycles. The van der Waals surface area contributed by atoms with E-state index in [4.69, 9.17) is 0 Å². The van der Waals surface area contributed by atoms with E-state index >= 15 is 0 Å². The predicted molar refractivity (Wildman–Crippen MR) is 112 cm³/mol. The molecular formula is C25H31NO. The summed E-state index contributed by atoms with van der Waals surface area (Å²) in [4.78, 5) is 15.5. The summed E-state index contributed by atoms with van der Waals surface area (Å²) < 4.78 is 0. The Bertz CT molecular complexity index is 803. The molecule has 1 fully saturated rings. The van der Waals surface area contributed by atoms with Crippen LogP contribution in [0.4, 0.5) is 0 Å². The standard InChI is InChI=1S/C25H31NO/c1-18-14-19(2)23-9-8-20(16-25(27)24(23)15-18)17-26-12-10-22(11-13-26)21-6-4-3-5-7-21/h3-7,14-15,20,22H,8-13,16-17H2,1-2H3. The highest BCUT2D eigenvalue weighted by Crippen LogP contribution is 2.31. The van der Waals surface area contributed by atoms with Crippen LogP contribution in [-0.2, 0) is 6.42 Å². The Labute approximate surface area is 163 Å². The van der Waals surface area contributed by atoms with Gasteiger partial charge in [0.05, 0.1) is 0 Å². The molecular weight excluding hydrogens is 330 g/mol. The number of rotatable bonds is 3. The van der Waals surface area contributed by atoms with Gasteiger partial charge in [0.2, 0.25) is 0 Å². The Morgan fingerprint density at radius 1 is 1.00 bits per heavy atom. The van der Waals surface area contributed by atoms with E-state index < -0.39 is 0 Å². The van der Waals surface area contributed by atoms with E-state index in [0.29, 0.717) is 24.0 Å². The third kappa shape index (κ3) is 4.16. The molecule has 0 radical (unpaired) electrons. The summed E-state index contributed by atoms with van der Waals surface area (Å²) in [7, 11) is 0. The summed E-state index contributed by atoms with van der Waals surface area (Å²) in [5, 5.41) is 0. The third-order valence-electron chi connectivity index (χ3n) is 6.57. The van der Waals surface area contributed by atoms with Crippen molar-refractivity contribution in [2.24, 2.45) is 5.92 Å².